The van der Waals surface area contributed by atoms with Crippen LogP contribution < -0.4 is 5.73 Å². The van der Waals surface area contributed by atoms with Gasteiger partial charge in [-0.1, -0.05) is 0 Å². The first kappa shape index (κ1) is 13.2. The maximum absolute atomic E-state index is 5.77. The zero-order chi connectivity index (χ0) is 13.2. The van der Waals surface area contributed by atoms with Gasteiger partial charge >= 0.3 is 0 Å². The summed E-state index contributed by atoms with van der Waals surface area (Å²) in [5, 5.41) is 0. The fourth-order valence-corrected chi connectivity index (χ4v) is 3.65. The van der Waals surface area contributed by atoms with Gasteiger partial charge in [0.2, 0.25) is 0 Å². The van der Waals surface area contributed by atoms with Gasteiger partial charge in [-0.05, 0) is 50.4 Å². The standard InChI is InChI=1S/C15H26N4/c1-18-6-8-19(9-7-18)15-11-12(2-4-16)10-14-13(15)3-5-17-14/h3,5,12,15,17H,2,4,6-11,16H2,1H3. The molecule has 0 radical (unpaired) electrons. The highest BCUT2D eigenvalue weighted by atomic mass is 15.3. The molecule has 3 rings (SSSR count). The van der Waals surface area contributed by atoms with Crippen LogP contribution in [0.3, 0.4) is 0 Å². The normalized spacial score (nSPS) is 29.4. The molecule has 1 fully saturated rings. The summed E-state index contributed by atoms with van der Waals surface area (Å²) in [6, 6.07) is 2.90. The topological polar surface area (TPSA) is 48.3 Å². The summed E-state index contributed by atoms with van der Waals surface area (Å²) in [6.07, 6.45) is 5.73. The van der Waals surface area contributed by atoms with Crippen LogP contribution in [0.15, 0.2) is 12.3 Å². The molecule has 0 amide bonds. The minimum Gasteiger partial charge on any atom is -0.365 e. The third-order valence-corrected chi connectivity index (χ3v) is 4.83. The zero-order valence-electron chi connectivity index (χ0n) is 11.9. The molecule has 1 aromatic rings. The molecule has 2 aliphatic rings. The molecule has 2 unspecified atom stereocenters. The van der Waals surface area contributed by atoms with E-state index < -0.39 is 0 Å². The summed E-state index contributed by atoms with van der Waals surface area (Å²) < 4.78 is 0. The van der Waals surface area contributed by atoms with E-state index in [-0.39, 0.29) is 0 Å². The van der Waals surface area contributed by atoms with Gasteiger partial charge in [0.05, 0.1) is 0 Å². The summed E-state index contributed by atoms with van der Waals surface area (Å²) >= 11 is 0. The summed E-state index contributed by atoms with van der Waals surface area (Å²) in [5.41, 5.74) is 8.76. The monoisotopic (exact) mass is 262 g/mol. The lowest BCUT2D eigenvalue weighted by Gasteiger charge is -2.41. The van der Waals surface area contributed by atoms with Crippen LogP contribution >= 0.6 is 0 Å². The van der Waals surface area contributed by atoms with Crippen molar-refractivity contribution in [2.45, 2.75) is 25.3 Å². The lowest BCUT2D eigenvalue weighted by molar-refractivity contribution is 0.0910. The maximum Gasteiger partial charge on any atom is 0.0369 e. The first-order chi connectivity index (χ1) is 9.28. The number of piperazine rings is 1. The average Bonchev–Trinajstić information content (AvgIpc) is 2.87. The number of nitrogens with zero attached hydrogens (tertiary/aromatic N) is 2. The molecule has 4 nitrogen and oxygen atoms in total. The second-order valence-electron chi connectivity index (χ2n) is 6.15. The van der Waals surface area contributed by atoms with Crippen molar-refractivity contribution in [1.29, 1.82) is 0 Å². The minimum atomic E-state index is 0.611. The molecule has 106 valence electrons. The van der Waals surface area contributed by atoms with Crippen molar-refractivity contribution in [2.24, 2.45) is 11.7 Å². The Labute approximate surface area is 116 Å². The van der Waals surface area contributed by atoms with Gasteiger partial charge in [-0.3, -0.25) is 4.90 Å². The molecule has 1 aliphatic heterocycles. The number of aromatic nitrogens is 1. The van der Waals surface area contributed by atoms with Crippen LogP contribution in [0.25, 0.3) is 0 Å². The maximum atomic E-state index is 5.77. The second kappa shape index (κ2) is 5.65. The second-order valence-corrected chi connectivity index (χ2v) is 6.15. The minimum absolute atomic E-state index is 0.611. The predicted molar refractivity (Wildman–Crippen MR) is 78.1 cm³/mol. The van der Waals surface area contributed by atoms with E-state index in [2.05, 4.69) is 34.1 Å². The molecule has 0 spiro atoms. The molecule has 19 heavy (non-hydrogen) atoms. The van der Waals surface area contributed by atoms with Crippen molar-refractivity contribution in [2.75, 3.05) is 39.8 Å². The number of nitrogens with two attached hydrogens (primary N) is 1. The van der Waals surface area contributed by atoms with E-state index >= 15 is 0 Å². The average molecular weight is 262 g/mol. The summed E-state index contributed by atoms with van der Waals surface area (Å²) in [5.74, 6) is 0.751. The van der Waals surface area contributed by atoms with E-state index in [0.29, 0.717) is 6.04 Å². The number of nitrogens with one attached hydrogen (secondary N) is 1. The number of rotatable bonds is 3. The van der Waals surface area contributed by atoms with Crippen molar-refractivity contribution >= 4 is 0 Å². The fraction of sp³-hybridized carbons (Fsp3) is 0.733. The molecule has 0 aromatic carbocycles. The van der Waals surface area contributed by atoms with E-state index in [4.69, 9.17) is 5.73 Å². The Bertz CT molecular complexity index is 406. The number of aromatic amines is 1. The first-order valence-corrected chi connectivity index (χ1v) is 7.56. The molecule has 0 bridgehead atoms. The number of hydrogen-bond acceptors (Lipinski definition) is 3. The summed E-state index contributed by atoms with van der Waals surface area (Å²) in [4.78, 5) is 8.55. The van der Waals surface area contributed by atoms with Crippen molar-refractivity contribution in [1.82, 2.24) is 14.8 Å². The highest BCUT2D eigenvalue weighted by Crippen LogP contribution is 2.38. The molecule has 1 aromatic heterocycles. The lowest BCUT2D eigenvalue weighted by Crippen LogP contribution is -2.47. The van der Waals surface area contributed by atoms with Crippen LogP contribution in [0.1, 0.15) is 30.1 Å². The Balaban J connectivity index is 1.76. The van der Waals surface area contributed by atoms with Crippen molar-refractivity contribution in [3.05, 3.63) is 23.5 Å². The molecule has 4 heteroatoms. The van der Waals surface area contributed by atoms with E-state index in [1.165, 1.54) is 50.3 Å². The van der Waals surface area contributed by atoms with Crippen LogP contribution in [-0.2, 0) is 6.42 Å². The van der Waals surface area contributed by atoms with Gasteiger partial charge in [0.25, 0.3) is 0 Å². The quantitative estimate of drug-likeness (QED) is 0.861. The number of likely N-dealkylation sites (N-methyl/N-ethyl adjacent to an activating group) is 1. The Hall–Kier alpha value is -0.840. The molecular weight excluding hydrogens is 236 g/mol. The van der Waals surface area contributed by atoms with Gasteiger partial charge in [0.15, 0.2) is 0 Å². The van der Waals surface area contributed by atoms with Gasteiger partial charge in [-0.2, -0.15) is 0 Å². The summed E-state index contributed by atoms with van der Waals surface area (Å²) in [7, 11) is 2.22. The third-order valence-electron chi connectivity index (χ3n) is 4.83. The largest absolute Gasteiger partial charge is 0.365 e. The highest BCUT2D eigenvalue weighted by molar-refractivity contribution is 5.28. The van der Waals surface area contributed by atoms with Crippen LogP contribution in [-0.4, -0.2) is 54.6 Å². The number of hydrogen-bond donors (Lipinski definition) is 2. The zero-order valence-corrected chi connectivity index (χ0v) is 11.9. The van der Waals surface area contributed by atoms with Gasteiger partial charge in [0, 0.05) is 44.1 Å². The van der Waals surface area contributed by atoms with Crippen molar-refractivity contribution in [3.8, 4) is 0 Å². The van der Waals surface area contributed by atoms with Gasteiger partial charge in [-0.15, -0.1) is 0 Å². The van der Waals surface area contributed by atoms with Gasteiger partial charge in [0.1, 0.15) is 0 Å². The number of fused-ring (bicyclic) bond motifs is 1. The SMILES string of the molecule is CN1CCN(C2CC(CCN)Cc3[nH]ccc32)CC1. The van der Waals surface area contributed by atoms with Crippen molar-refractivity contribution in [3.63, 3.8) is 0 Å². The molecule has 3 N–H and O–H groups in total. The van der Waals surface area contributed by atoms with Gasteiger partial charge < -0.3 is 15.6 Å². The highest BCUT2D eigenvalue weighted by Gasteiger charge is 2.32. The molecular formula is C15H26N4. The van der Waals surface area contributed by atoms with E-state index in [9.17, 15) is 0 Å². The first-order valence-electron chi connectivity index (χ1n) is 7.56. The molecule has 1 saturated heterocycles. The summed E-state index contributed by atoms with van der Waals surface area (Å²) in [6.45, 7) is 5.59. The predicted octanol–water partition coefficient (Wildman–Crippen LogP) is 1.21. The van der Waals surface area contributed by atoms with Crippen LogP contribution in [0.2, 0.25) is 0 Å². The fourth-order valence-electron chi connectivity index (χ4n) is 3.65. The van der Waals surface area contributed by atoms with E-state index in [1.807, 2.05) is 0 Å². The van der Waals surface area contributed by atoms with Crippen LogP contribution in [0.5, 0.6) is 0 Å². The lowest BCUT2D eigenvalue weighted by atomic mass is 9.81. The van der Waals surface area contributed by atoms with Crippen molar-refractivity contribution < 1.29 is 0 Å². The number of H-pyrrole nitrogens is 1. The Kier molecular flexibility index (Phi) is 3.91. The van der Waals surface area contributed by atoms with E-state index in [1.54, 1.807) is 0 Å². The smallest absolute Gasteiger partial charge is 0.0369 e. The van der Waals surface area contributed by atoms with E-state index in [0.717, 1.165) is 18.9 Å². The Morgan fingerprint density at radius 2 is 2.11 bits per heavy atom. The van der Waals surface area contributed by atoms with Crippen LogP contribution in [0.4, 0.5) is 0 Å². The molecule has 0 saturated carbocycles. The molecule has 1 aliphatic carbocycles. The Morgan fingerprint density at radius 3 is 2.84 bits per heavy atom. The Morgan fingerprint density at radius 1 is 1.32 bits per heavy atom. The van der Waals surface area contributed by atoms with Crippen LogP contribution in [0, 0.1) is 5.92 Å². The molecule has 2 heterocycles. The molecule has 2 atom stereocenters. The third kappa shape index (κ3) is 2.71. The van der Waals surface area contributed by atoms with Gasteiger partial charge in [-0.25, -0.2) is 0 Å².